The van der Waals surface area contributed by atoms with E-state index >= 15 is 0 Å². The van der Waals surface area contributed by atoms with Crippen molar-refractivity contribution < 1.29 is 28.6 Å². The molecule has 0 aliphatic heterocycles. The van der Waals surface area contributed by atoms with Crippen LogP contribution in [0.4, 0.5) is 14.0 Å². The molecule has 3 aromatic rings. The molecule has 1 heterocycles. The van der Waals surface area contributed by atoms with Crippen LogP contribution in [0.1, 0.15) is 69.6 Å². The highest BCUT2D eigenvalue weighted by molar-refractivity contribution is 5.69. The van der Waals surface area contributed by atoms with E-state index in [1.165, 1.54) is 19.1 Å². The number of hydrogen-bond acceptors (Lipinski definition) is 6. The lowest BCUT2D eigenvalue weighted by Crippen LogP contribution is -2.43. The number of carbonyl (C=O) groups is 2. The van der Waals surface area contributed by atoms with Crippen LogP contribution in [-0.4, -0.2) is 34.4 Å². The summed E-state index contributed by atoms with van der Waals surface area (Å²) in [6, 6.07) is 18.9. The van der Waals surface area contributed by atoms with Crippen LogP contribution in [-0.2, 0) is 33.6 Å². The number of aromatic nitrogens is 1. The van der Waals surface area contributed by atoms with E-state index in [4.69, 9.17) is 9.47 Å². The van der Waals surface area contributed by atoms with Crippen LogP contribution in [0, 0.1) is 5.82 Å². The van der Waals surface area contributed by atoms with Crippen molar-refractivity contribution in [1.82, 2.24) is 15.6 Å². The Balaban J connectivity index is 1.86. The number of aliphatic hydroxyl groups is 1. The van der Waals surface area contributed by atoms with Crippen molar-refractivity contribution in [2.75, 3.05) is 6.54 Å². The summed E-state index contributed by atoms with van der Waals surface area (Å²) in [6.45, 7) is 10.3. The molecular formula is C31H38FN3O5. The number of amides is 2. The van der Waals surface area contributed by atoms with Gasteiger partial charge in [-0.15, -0.1) is 0 Å². The van der Waals surface area contributed by atoms with E-state index in [2.05, 4.69) is 15.6 Å². The normalized spacial score (nSPS) is 13.2. The number of ether oxygens (including phenoxy) is 2. The fourth-order valence-corrected chi connectivity index (χ4v) is 3.86. The second-order valence-corrected chi connectivity index (χ2v) is 11.5. The maximum Gasteiger partial charge on any atom is 0.408 e. The summed E-state index contributed by atoms with van der Waals surface area (Å²) < 4.78 is 24.2. The average Bonchev–Trinajstić information content (AvgIpc) is 2.87. The van der Waals surface area contributed by atoms with Gasteiger partial charge < -0.3 is 25.2 Å². The van der Waals surface area contributed by atoms with Gasteiger partial charge in [-0.2, -0.15) is 0 Å². The van der Waals surface area contributed by atoms with Gasteiger partial charge in [0.15, 0.2) is 0 Å². The predicted molar refractivity (Wildman–Crippen MR) is 150 cm³/mol. The van der Waals surface area contributed by atoms with E-state index in [1.54, 1.807) is 39.0 Å². The zero-order valence-corrected chi connectivity index (χ0v) is 23.9. The lowest BCUT2D eigenvalue weighted by Gasteiger charge is -2.30. The van der Waals surface area contributed by atoms with Crippen LogP contribution >= 0.6 is 0 Å². The Morgan fingerprint density at radius 2 is 1.55 bits per heavy atom. The van der Waals surface area contributed by atoms with Gasteiger partial charge in [-0.1, -0.05) is 42.5 Å². The minimum absolute atomic E-state index is 0.116. The van der Waals surface area contributed by atoms with Crippen molar-refractivity contribution in [2.45, 2.75) is 71.3 Å². The monoisotopic (exact) mass is 551 g/mol. The van der Waals surface area contributed by atoms with Crippen molar-refractivity contribution in [3.63, 3.8) is 0 Å². The molecule has 2 aromatic carbocycles. The molecule has 8 nitrogen and oxygen atoms in total. The topological polar surface area (TPSA) is 110 Å². The van der Waals surface area contributed by atoms with E-state index in [1.807, 2.05) is 50.2 Å². The van der Waals surface area contributed by atoms with Crippen LogP contribution < -0.4 is 10.6 Å². The quantitative estimate of drug-likeness (QED) is 0.315. The second-order valence-electron chi connectivity index (χ2n) is 11.5. The van der Waals surface area contributed by atoms with Gasteiger partial charge in [-0.25, -0.2) is 14.0 Å². The number of nitrogens with zero attached hydrogens (tertiary/aromatic N) is 1. The molecule has 0 fully saturated rings. The Morgan fingerprint density at radius 1 is 0.900 bits per heavy atom. The highest BCUT2D eigenvalue weighted by atomic mass is 19.1. The first-order chi connectivity index (χ1) is 18.6. The molecule has 1 atom stereocenters. The molecule has 0 bridgehead atoms. The third-order valence-corrected chi connectivity index (χ3v) is 6.05. The lowest BCUT2D eigenvalue weighted by atomic mass is 9.90. The number of pyridine rings is 1. The van der Waals surface area contributed by atoms with Gasteiger partial charge in [0, 0.05) is 12.1 Å². The standard InChI is InChI=1S/C31H38FN3O5/c1-29(2,3)40-27(36)33-20-31(6,38)26-18-23(17-25(34-26)16-21-12-14-24(32)15-13-21)30(4,5)35-28(37)39-19-22-10-8-7-9-11-22/h7-15,17-18,38H,16,19-20H2,1-6H3,(H,33,36)(H,35,37). The molecule has 0 aliphatic rings. The zero-order valence-electron chi connectivity index (χ0n) is 23.9. The molecular weight excluding hydrogens is 513 g/mol. The van der Waals surface area contributed by atoms with Crippen molar-refractivity contribution in [3.05, 3.63) is 101 Å². The summed E-state index contributed by atoms with van der Waals surface area (Å²) in [6.07, 6.45) is -0.921. The second kappa shape index (κ2) is 12.5. The predicted octanol–water partition coefficient (Wildman–Crippen LogP) is 5.71. The van der Waals surface area contributed by atoms with Crippen molar-refractivity contribution in [1.29, 1.82) is 0 Å². The highest BCUT2D eigenvalue weighted by Crippen LogP contribution is 2.28. The Morgan fingerprint density at radius 3 is 2.17 bits per heavy atom. The SMILES string of the molecule is CC(C)(C)OC(=O)NCC(C)(O)c1cc(C(C)(C)NC(=O)OCc2ccccc2)cc(Cc2ccc(F)cc2)n1. The van der Waals surface area contributed by atoms with Crippen LogP contribution in [0.25, 0.3) is 0 Å². The molecule has 1 unspecified atom stereocenters. The number of rotatable bonds is 9. The third-order valence-electron chi connectivity index (χ3n) is 6.05. The number of nitrogens with one attached hydrogen (secondary N) is 2. The number of halogens is 1. The maximum atomic E-state index is 13.5. The van der Waals surface area contributed by atoms with E-state index in [-0.39, 0.29) is 24.7 Å². The number of benzene rings is 2. The molecule has 214 valence electrons. The number of hydrogen-bond donors (Lipinski definition) is 3. The van der Waals surface area contributed by atoms with Crippen LogP contribution in [0.2, 0.25) is 0 Å². The van der Waals surface area contributed by atoms with Crippen LogP contribution in [0.3, 0.4) is 0 Å². The summed E-state index contributed by atoms with van der Waals surface area (Å²) >= 11 is 0. The molecule has 2 amide bonds. The van der Waals surface area contributed by atoms with E-state index < -0.39 is 28.9 Å². The summed E-state index contributed by atoms with van der Waals surface area (Å²) in [5, 5.41) is 16.8. The average molecular weight is 552 g/mol. The van der Waals surface area contributed by atoms with Gasteiger partial charge >= 0.3 is 12.2 Å². The Kier molecular flexibility index (Phi) is 9.52. The smallest absolute Gasteiger partial charge is 0.408 e. The van der Waals surface area contributed by atoms with Gasteiger partial charge in [-0.05, 0) is 82.5 Å². The summed E-state index contributed by atoms with van der Waals surface area (Å²) in [7, 11) is 0. The Bertz CT molecular complexity index is 1300. The van der Waals surface area contributed by atoms with Crippen LogP contribution in [0.5, 0.6) is 0 Å². The Labute approximate surface area is 234 Å². The fraction of sp³-hybridized carbons (Fsp3) is 0.387. The molecule has 0 radical (unpaired) electrons. The Hall–Kier alpha value is -3.98. The van der Waals surface area contributed by atoms with Crippen molar-refractivity contribution in [2.24, 2.45) is 0 Å². The van der Waals surface area contributed by atoms with Gasteiger partial charge in [-0.3, -0.25) is 4.98 Å². The first kappa shape index (κ1) is 30.6. The molecule has 0 saturated heterocycles. The van der Waals surface area contributed by atoms with E-state index in [0.29, 0.717) is 17.7 Å². The van der Waals surface area contributed by atoms with Crippen LogP contribution in [0.15, 0.2) is 66.7 Å². The maximum absolute atomic E-state index is 13.5. The zero-order chi connectivity index (χ0) is 29.6. The minimum atomic E-state index is -1.58. The largest absolute Gasteiger partial charge is 0.445 e. The van der Waals surface area contributed by atoms with Gasteiger partial charge in [0.1, 0.15) is 23.6 Å². The van der Waals surface area contributed by atoms with E-state index in [0.717, 1.165) is 11.1 Å². The molecule has 1 aromatic heterocycles. The van der Waals surface area contributed by atoms with Crippen molar-refractivity contribution >= 4 is 12.2 Å². The molecule has 3 rings (SSSR count). The lowest BCUT2D eigenvalue weighted by molar-refractivity contribution is 0.0296. The van der Waals surface area contributed by atoms with Gasteiger partial charge in [0.2, 0.25) is 0 Å². The summed E-state index contributed by atoms with van der Waals surface area (Å²) in [4.78, 5) is 29.6. The number of alkyl carbamates (subject to hydrolysis) is 2. The van der Waals surface area contributed by atoms with E-state index in [9.17, 15) is 19.1 Å². The fourth-order valence-electron chi connectivity index (χ4n) is 3.86. The first-order valence-electron chi connectivity index (χ1n) is 13.1. The van der Waals surface area contributed by atoms with Gasteiger partial charge in [0.05, 0.1) is 17.8 Å². The number of carbonyl (C=O) groups excluding carboxylic acids is 2. The summed E-state index contributed by atoms with van der Waals surface area (Å²) in [5.41, 5.74) is 0.0137. The highest BCUT2D eigenvalue weighted by Gasteiger charge is 2.31. The first-order valence-corrected chi connectivity index (χ1v) is 13.1. The molecule has 9 heteroatoms. The minimum Gasteiger partial charge on any atom is -0.445 e. The summed E-state index contributed by atoms with van der Waals surface area (Å²) in [5.74, 6) is -0.346. The third kappa shape index (κ3) is 9.34. The molecule has 40 heavy (non-hydrogen) atoms. The molecule has 0 saturated carbocycles. The van der Waals surface area contributed by atoms with Crippen molar-refractivity contribution in [3.8, 4) is 0 Å². The molecule has 3 N–H and O–H groups in total. The molecule has 0 aliphatic carbocycles. The van der Waals surface area contributed by atoms with Gasteiger partial charge in [0.25, 0.3) is 0 Å². The molecule has 0 spiro atoms.